The number of benzene rings is 1. The Kier molecular flexibility index (Phi) is 28.5. The Morgan fingerprint density at radius 1 is 0.341 bits per heavy atom. The molecule has 0 saturated heterocycles. The Labute approximate surface area is 272 Å². The summed E-state index contributed by atoms with van der Waals surface area (Å²) in [6.07, 6.45) is 45.0. The quantitative estimate of drug-likeness (QED) is 0.311. The molecule has 0 unspecified atom stereocenters. The van der Waals surface area contributed by atoms with Crippen LogP contribution < -0.4 is 0 Å². The van der Waals surface area contributed by atoms with E-state index in [0.29, 0.717) is 0 Å². The van der Waals surface area contributed by atoms with Gasteiger partial charge in [-0.2, -0.15) is 0 Å². The summed E-state index contributed by atoms with van der Waals surface area (Å²) >= 11 is 0. The van der Waals surface area contributed by atoms with Crippen molar-refractivity contribution >= 4 is 11.9 Å². The van der Waals surface area contributed by atoms with Gasteiger partial charge in [0.05, 0.1) is 25.3 Å². The minimum absolute atomic E-state index is 0.210. The molecule has 0 bridgehead atoms. The average molecular weight is 615 g/mol. The van der Waals surface area contributed by atoms with Crippen LogP contribution in [0.5, 0.6) is 0 Å². The molecular formula is C40H70O4. The van der Waals surface area contributed by atoms with Crippen molar-refractivity contribution in [2.75, 3.05) is 14.2 Å². The molecule has 3 saturated carbocycles. The van der Waals surface area contributed by atoms with E-state index in [4.69, 9.17) is 0 Å². The number of carbonyl (C=O) groups excluding carboxylic acids is 2. The average Bonchev–Trinajstić information content (AvgIpc) is 3.09. The maximum Gasteiger partial charge on any atom is 0.338 e. The van der Waals surface area contributed by atoms with Crippen LogP contribution in [-0.4, -0.2) is 26.2 Å². The standard InChI is InChI=1S/C10H10O4.3C10H20/c1-13-9(11)7-5-3-4-6-8(7)10(12)14-2;3*1-2-4-6-8-10-9-7-5-3-1/h3-6H,1-2H3;3*1-10H2. The molecular weight excluding hydrogens is 544 g/mol. The molecule has 0 spiro atoms. The topological polar surface area (TPSA) is 52.6 Å². The monoisotopic (exact) mass is 615 g/mol. The zero-order chi connectivity index (χ0) is 31.8. The van der Waals surface area contributed by atoms with E-state index in [1.807, 2.05) is 0 Å². The van der Waals surface area contributed by atoms with Crippen LogP contribution >= 0.6 is 0 Å². The van der Waals surface area contributed by atoms with Gasteiger partial charge in [0.1, 0.15) is 0 Å². The van der Waals surface area contributed by atoms with Crippen molar-refractivity contribution in [1.29, 1.82) is 0 Å². The van der Waals surface area contributed by atoms with Gasteiger partial charge in [-0.05, 0) is 12.1 Å². The normalized spacial score (nSPS) is 19.3. The van der Waals surface area contributed by atoms with Crippen molar-refractivity contribution in [2.45, 2.75) is 193 Å². The van der Waals surface area contributed by atoms with Crippen LogP contribution in [0.3, 0.4) is 0 Å². The van der Waals surface area contributed by atoms with Crippen LogP contribution in [-0.2, 0) is 9.47 Å². The van der Waals surface area contributed by atoms with Crippen molar-refractivity contribution in [3.63, 3.8) is 0 Å². The van der Waals surface area contributed by atoms with Gasteiger partial charge < -0.3 is 9.47 Å². The molecule has 44 heavy (non-hydrogen) atoms. The first kappa shape index (κ1) is 40.2. The summed E-state index contributed by atoms with van der Waals surface area (Å²) in [6.45, 7) is 0. The van der Waals surface area contributed by atoms with Gasteiger partial charge in [-0.1, -0.05) is 205 Å². The number of esters is 2. The first-order valence-corrected chi connectivity index (χ1v) is 19.0. The van der Waals surface area contributed by atoms with Gasteiger partial charge in [0.15, 0.2) is 0 Å². The van der Waals surface area contributed by atoms with Crippen LogP contribution in [0.1, 0.15) is 213 Å². The zero-order valence-electron chi connectivity index (χ0n) is 29.2. The molecule has 4 nitrogen and oxygen atoms in total. The SMILES string of the molecule is C1CCCCCCCCC1.C1CCCCCCCCC1.C1CCCCCCCCC1.COC(=O)c1ccccc1C(=O)OC. The fraction of sp³-hybridized carbons (Fsp3) is 0.800. The minimum Gasteiger partial charge on any atom is -0.465 e. The van der Waals surface area contributed by atoms with Crippen molar-refractivity contribution in [3.8, 4) is 0 Å². The number of ether oxygens (including phenoxy) is 2. The Balaban J connectivity index is 0.000000297. The molecule has 0 radical (unpaired) electrons. The van der Waals surface area contributed by atoms with Crippen molar-refractivity contribution in [1.82, 2.24) is 0 Å². The maximum atomic E-state index is 11.2. The molecule has 1 aromatic carbocycles. The third-order valence-electron chi connectivity index (χ3n) is 9.24. The first-order valence-electron chi connectivity index (χ1n) is 19.0. The molecule has 0 aliphatic heterocycles. The van der Waals surface area contributed by atoms with Gasteiger partial charge in [0, 0.05) is 0 Å². The molecule has 0 atom stereocenters. The number of methoxy groups -OCH3 is 2. The molecule has 0 heterocycles. The van der Waals surface area contributed by atoms with E-state index in [0.717, 1.165) is 0 Å². The fourth-order valence-electron chi connectivity index (χ4n) is 6.36. The minimum atomic E-state index is -0.550. The summed E-state index contributed by atoms with van der Waals surface area (Å²) < 4.78 is 9.05. The molecule has 0 aromatic heterocycles. The number of hydrogen-bond acceptors (Lipinski definition) is 4. The van der Waals surface area contributed by atoms with Gasteiger partial charge in [-0.25, -0.2) is 9.59 Å². The van der Waals surface area contributed by atoms with Gasteiger partial charge in [-0.15, -0.1) is 0 Å². The van der Waals surface area contributed by atoms with E-state index in [1.165, 1.54) is 219 Å². The summed E-state index contributed by atoms with van der Waals surface area (Å²) in [7, 11) is 2.52. The van der Waals surface area contributed by atoms with Crippen LogP contribution in [0.15, 0.2) is 24.3 Å². The summed E-state index contributed by atoms with van der Waals surface area (Å²) in [6, 6.07) is 6.33. The zero-order valence-corrected chi connectivity index (χ0v) is 29.2. The second-order valence-electron chi connectivity index (χ2n) is 13.1. The highest BCUT2D eigenvalue weighted by Crippen LogP contribution is 2.18. The molecule has 4 heteroatoms. The third kappa shape index (κ3) is 23.5. The van der Waals surface area contributed by atoms with Crippen LogP contribution in [0.25, 0.3) is 0 Å². The predicted octanol–water partition coefficient (Wildman–Crippen LogP) is 13.0. The summed E-state index contributed by atoms with van der Waals surface area (Å²) in [5.74, 6) is -1.10. The summed E-state index contributed by atoms with van der Waals surface area (Å²) in [5, 5.41) is 0. The molecule has 3 fully saturated rings. The van der Waals surface area contributed by atoms with E-state index < -0.39 is 11.9 Å². The molecule has 254 valence electrons. The van der Waals surface area contributed by atoms with E-state index in [2.05, 4.69) is 9.47 Å². The van der Waals surface area contributed by atoms with Gasteiger partial charge in [-0.3, -0.25) is 0 Å². The van der Waals surface area contributed by atoms with E-state index in [-0.39, 0.29) is 11.1 Å². The lowest BCUT2D eigenvalue weighted by atomic mass is 10.0. The maximum absolute atomic E-state index is 11.2. The van der Waals surface area contributed by atoms with Gasteiger partial charge in [0.25, 0.3) is 0 Å². The van der Waals surface area contributed by atoms with E-state index >= 15 is 0 Å². The predicted molar refractivity (Wildman–Crippen MR) is 188 cm³/mol. The smallest absolute Gasteiger partial charge is 0.338 e. The van der Waals surface area contributed by atoms with Crippen molar-refractivity contribution < 1.29 is 19.1 Å². The van der Waals surface area contributed by atoms with Crippen LogP contribution in [0.4, 0.5) is 0 Å². The van der Waals surface area contributed by atoms with Crippen molar-refractivity contribution in [2.24, 2.45) is 0 Å². The Hall–Kier alpha value is -1.84. The number of carbonyl (C=O) groups is 2. The Morgan fingerprint density at radius 2 is 0.477 bits per heavy atom. The molecule has 4 rings (SSSR count). The highest BCUT2D eigenvalue weighted by Gasteiger charge is 2.16. The van der Waals surface area contributed by atoms with Crippen LogP contribution in [0.2, 0.25) is 0 Å². The highest BCUT2D eigenvalue weighted by atomic mass is 16.5. The molecule has 3 aliphatic carbocycles. The second-order valence-corrected chi connectivity index (χ2v) is 13.1. The van der Waals surface area contributed by atoms with Crippen molar-refractivity contribution in [3.05, 3.63) is 35.4 Å². The highest BCUT2D eigenvalue weighted by molar-refractivity contribution is 6.03. The lowest BCUT2D eigenvalue weighted by Crippen LogP contribution is -2.11. The molecule has 0 amide bonds. The van der Waals surface area contributed by atoms with E-state index in [9.17, 15) is 9.59 Å². The summed E-state index contributed by atoms with van der Waals surface area (Å²) in [4.78, 5) is 22.4. The first-order chi connectivity index (χ1) is 21.7. The molecule has 0 N–H and O–H groups in total. The lowest BCUT2D eigenvalue weighted by molar-refractivity contribution is 0.0555. The molecule has 3 aliphatic rings. The van der Waals surface area contributed by atoms with Crippen LogP contribution in [0, 0.1) is 0 Å². The van der Waals surface area contributed by atoms with Gasteiger partial charge >= 0.3 is 11.9 Å². The second kappa shape index (κ2) is 31.2. The third-order valence-corrected chi connectivity index (χ3v) is 9.24. The van der Waals surface area contributed by atoms with E-state index in [1.54, 1.807) is 12.1 Å². The lowest BCUT2D eigenvalue weighted by Gasteiger charge is -2.05. The van der Waals surface area contributed by atoms with Gasteiger partial charge in [0.2, 0.25) is 0 Å². The summed E-state index contributed by atoms with van der Waals surface area (Å²) in [5.41, 5.74) is 0.420. The number of hydrogen-bond donors (Lipinski definition) is 0. The number of rotatable bonds is 2. The Morgan fingerprint density at radius 3 is 0.591 bits per heavy atom. The largest absolute Gasteiger partial charge is 0.465 e. The Bertz CT molecular complexity index is 607. The molecule has 1 aromatic rings. The fourth-order valence-corrected chi connectivity index (χ4v) is 6.36.